The van der Waals surface area contributed by atoms with Gasteiger partial charge < -0.3 is 10.1 Å². The minimum Gasteiger partial charge on any atom is -0.491 e. The summed E-state index contributed by atoms with van der Waals surface area (Å²) in [4.78, 5) is 16.8. The van der Waals surface area contributed by atoms with E-state index in [1.165, 1.54) is 0 Å². The summed E-state index contributed by atoms with van der Waals surface area (Å²) in [5, 5.41) is 7.13. The van der Waals surface area contributed by atoms with Crippen LogP contribution >= 0.6 is 0 Å². The van der Waals surface area contributed by atoms with Crippen LogP contribution in [0.2, 0.25) is 0 Å². The molecule has 0 aliphatic rings. The number of hydrogen-bond donors (Lipinski definition) is 1. The third-order valence-electron chi connectivity index (χ3n) is 3.80. The Kier molecular flexibility index (Phi) is 5.31. The van der Waals surface area contributed by atoms with E-state index in [9.17, 15) is 4.79 Å². The fourth-order valence-electron chi connectivity index (χ4n) is 2.62. The molecule has 3 aromatic rings. The van der Waals surface area contributed by atoms with Crippen LogP contribution in [0.1, 0.15) is 29.8 Å². The molecule has 0 fully saturated rings. The molecule has 1 N–H and O–H groups in total. The Morgan fingerprint density at radius 3 is 2.65 bits per heavy atom. The zero-order valence-corrected chi connectivity index (χ0v) is 15.1. The highest BCUT2D eigenvalue weighted by Crippen LogP contribution is 2.20. The number of aromatic nitrogens is 3. The molecule has 0 spiro atoms. The van der Waals surface area contributed by atoms with Crippen LogP contribution in [0, 0.1) is 0 Å². The number of hydrogen-bond acceptors (Lipinski definition) is 4. The predicted octanol–water partition coefficient (Wildman–Crippen LogP) is 3.20. The van der Waals surface area contributed by atoms with Gasteiger partial charge in [0.15, 0.2) is 0 Å². The van der Waals surface area contributed by atoms with Crippen molar-refractivity contribution in [1.82, 2.24) is 20.1 Å². The first-order valence-corrected chi connectivity index (χ1v) is 8.51. The summed E-state index contributed by atoms with van der Waals surface area (Å²) in [7, 11) is 1.86. The van der Waals surface area contributed by atoms with Gasteiger partial charge in [-0.2, -0.15) is 5.10 Å². The SMILES string of the molecule is CC(C)Oc1ccc(C(=O)NCc2cccnc2-c2cnn(C)c2)cc1. The van der Waals surface area contributed by atoms with E-state index < -0.39 is 0 Å². The summed E-state index contributed by atoms with van der Waals surface area (Å²) in [6.07, 6.45) is 5.51. The van der Waals surface area contributed by atoms with Gasteiger partial charge in [0, 0.05) is 37.1 Å². The average molecular weight is 350 g/mol. The molecule has 6 nitrogen and oxygen atoms in total. The molecule has 0 radical (unpaired) electrons. The van der Waals surface area contributed by atoms with Crippen LogP contribution in [0.15, 0.2) is 55.0 Å². The highest BCUT2D eigenvalue weighted by Gasteiger charge is 2.11. The molecular formula is C20H22N4O2. The van der Waals surface area contributed by atoms with Crippen molar-refractivity contribution in [3.05, 3.63) is 66.1 Å². The van der Waals surface area contributed by atoms with Gasteiger partial charge in [-0.25, -0.2) is 0 Å². The number of ether oxygens (including phenoxy) is 1. The summed E-state index contributed by atoms with van der Waals surface area (Å²) in [5.41, 5.74) is 3.27. The van der Waals surface area contributed by atoms with Crippen molar-refractivity contribution >= 4 is 5.91 Å². The third-order valence-corrected chi connectivity index (χ3v) is 3.80. The Morgan fingerprint density at radius 2 is 2.00 bits per heavy atom. The first kappa shape index (κ1) is 17.7. The maximum atomic E-state index is 12.4. The number of amides is 1. The van der Waals surface area contributed by atoms with Crippen molar-refractivity contribution in [2.24, 2.45) is 7.05 Å². The van der Waals surface area contributed by atoms with Crippen molar-refractivity contribution in [2.75, 3.05) is 0 Å². The van der Waals surface area contributed by atoms with E-state index in [4.69, 9.17) is 4.74 Å². The highest BCUT2D eigenvalue weighted by molar-refractivity contribution is 5.94. The van der Waals surface area contributed by atoms with E-state index in [0.717, 1.165) is 22.6 Å². The van der Waals surface area contributed by atoms with Crippen LogP contribution in [0.5, 0.6) is 5.75 Å². The lowest BCUT2D eigenvalue weighted by Gasteiger charge is -2.11. The van der Waals surface area contributed by atoms with Crippen LogP contribution in [-0.4, -0.2) is 26.8 Å². The molecule has 1 amide bonds. The molecule has 0 aliphatic carbocycles. The number of rotatable bonds is 6. The number of pyridine rings is 1. The van der Waals surface area contributed by atoms with E-state index in [1.807, 2.05) is 39.2 Å². The fraction of sp³-hybridized carbons (Fsp3) is 0.250. The number of benzene rings is 1. The lowest BCUT2D eigenvalue weighted by Crippen LogP contribution is -2.23. The molecule has 26 heavy (non-hydrogen) atoms. The van der Waals surface area contributed by atoms with E-state index in [-0.39, 0.29) is 12.0 Å². The van der Waals surface area contributed by atoms with Crippen LogP contribution in [0.4, 0.5) is 0 Å². The molecule has 2 heterocycles. The maximum Gasteiger partial charge on any atom is 0.251 e. The van der Waals surface area contributed by atoms with Gasteiger partial charge in [-0.3, -0.25) is 14.5 Å². The van der Waals surface area contributed by atoms with E-state index in [0.29, 0.717) is 12.1 Å². The molecule has 0 aliphatic heterocycles. The number of nitrogens with one attached hydrogen (secondary N) is 1. The fourth-order valence-corrected chi connectivity index (χ4v) is 2.62. The summed E-state index contributed by atoms with van der Waals surface area (Å²) < 4.78 is 7.33. The maximum absolute atomic E-state index is 12.4. The van der Waals surface area contributed by atoms with Crippen molar-refractivity contribution in [1.29, 1.82) is 0 Å². The number of nitrogens with zero attached hydrogens (tertiary/aromatic N) is 3. The van der Waals surface area contributed by atoms with Crippen molar-refractivity contribution in [3.63, 3.8) is 0 Å². The molecule has 0 saturated carbocycles. The van der Waals surface area contributed by atoms with Gasteiger partial charge in [0.2, 0.25) is 0 Å². The van der Waals surface area contributed by atoms with Gasteiger partial charge in [-0.05, 0) is 49.7 Å². The molecule has 3 rings (SSSR count). The number of aryl methyl sites for hydroxylation is 1. The summed E-state index contributed by atoms with van der Waals surface area (Å²) in [6, 6.07) is 10.9. The molecule has 1 aromatic carbocycles. The van der Waals surface area contributed by atoms with Crippen LogP contribution in [0.3, 0.4) is 0 Å². The summed E-state index contributed by atoms with van der Waals surface area (Å²) in [6.45, 7) is 4.32. The van der Waals surface area contributed by atoms with Crippen LogP contribution in [0.25, 0.3) is 11.3 Å². The molecule has 0 unspecified atom stereocenters. The summed E-state index contributed by atoms with van der Waals surface area (Å²) >= 11 is 0. The van der Waals surface area contributed by atoms with Gasteiger partial charge in [0.25, 0.3) is 5.91 Å². The van der Waals surface area contributed by atoms with E-state index in [2.05, 4.69) is 15.4 Å². The highest BCUT2D eigenvalue weighted by atomic mass is 16.5. The molecule has 0 bridgehead atoms. The zero-order valence-electron chi connectivity index (χ0n) is 15.1. The molecule has 0 atom stereocenters. The Balaban J connectivity index is 1.68. The minimum absolute atomic E-state index is 0.103. The van der Waals surface area contributed by atoms with Gasteiger partial charge in [0.05, 0.1) is 18.0 Å². The molecule has 0 saturated heterocycles. The Hall–Kier alpha value is -3.15. The van der Waals surface area contributed by atoms with Gasteiger partial charge >= 0.3 is 0 Å². The molecule has 6 heteroatoms. The second-order valence-electron chi connectivity index (χ2n) is 6.29. The molecule has 2 aromatic heterocycles. The molecule has 134 valence electrons. The van der Waals surface area contributed by atoms with Crippen molar-refractivity contribution in [2.45, 2.75) is 26.5 Å². The standard InChI is InChI=1S/C20H22N4O2/c1-14(2)26-18-8-6-15(7-9-18)20(25)22-11-16-5-4-10-21-19(16)17-12-23-24(3)13-17/h4-10,12-14H,11H2,1-3H3,(H,22,25). The monoisotopic (exact) mass is 350 g/mol. The summed E-state index contributed by atoms with van der Waals surface area (Å²) in [5.74, 6) is 0.616. The van der Waals surface area contributed by atoms with Gasteiger partial charge in [0.1, 0.15) is 5.75 Å². The average Bonchev–Trinajstić information content (AvgIpc) is 3.06. The van der Waals surface area contributed by atoms with Crippen molar-refractivity contribution < 1.29 is 9.53 Å². The number of carbonyl (C=O) groups excluding carboxylic acids is 1. The first-order chi connectivity index (χ1) is 12.5. The third kappa shape index (κ3) is 4.27. The zero-order chi connectivity index (χ0) is 18.5. The van der Waals surface area contributed by atoms with Crippen molar-refractivity contribution in [3.8, 4) is 17.0 Å². The first-order valence-electron chi connectivity index (χ1n) is 8.51. The topological polar surface area (TPSA) is 69.0 Å². The van der Waals surface area contributed by atoms with Gasteiger partial charge in [-0.15, -0.1) is 0 Å². The lowest BCUT2D eigenvalue weighted by atomic mass is 10.1. The lowest BCUT2D eigenvalue weighted by molar-refractivity contribution is 0.0951. The normalized spacial score (nSPS) is 10.8. The molecular weight excluding hydrogens is 328 g/mol. The smallest absolute Gasteiger partial charge is 0.251 e. The Labute approximate surface area is 152 Å². The van der Waals surface area contributed by atoms with Crippen LogP contribution < -0.4 is 10.1 Å². The largest absolute Gasteiger partial charge is 0.491 e. The van der Waals surface area contributed by atoms with Crippen LogP contribution in [-0.2, 0) is 13.6 Å². The van der Waals surface area contributed by atoms with E-state index >= 15 is 0 Å². The van der Waals surface area contributed by atoms with E-state index in [1.54, 1.807) is 41.3 Å². The van der Waals surface area contributed by atoms with Gasteiger partial charge in [-0.1, -0.05) is 6.07 Å². The quantitative estimate of drug-likeness (QED) is 0.741. The Bertz CT molecular complexity index is 885. The Morgan fingerprint density at radius 1 is 1.23 bits per heavy atom. The number of carbonyl (C=O) groups is 1. The minimum atomic E-state index is -0.137. The predicted molar refractivity (Wildman–Crippen MR) is 99.8 cm³/mol. The second kappa shape index (κ2) is 7.82. The second-order valence-corrected chi connectivity index (χ2v) is 6.29.